The summed E-state index contributed by atoms with van der Waals surface area (Å²) in [6, 6.07) is 4.58. The van der Waals surface area contributed by atoms with Crippen molar-refractivity contribution in [3.63, 3.8) is 0 Å². The summed E-state index contributed by atoms with van der Waals surface area (Å²) in [7, 11) is 0. The predicted molar refractivity (Wildman–Crippen MR) is 68.2 cm³/mol. The molecule has 0 atom stereocenters. The Kier molecular flexibility index (Phi) is 3.86. The second-order valence-electron chi connectivity index (χ2n) is 4.04. The molecule has 6 nitrogen and oxygen atoms in total. The highest BCUT2D eigenvalue weighted by atomic mass is 19.1. The molecule has 0 aliphatic rings. The largest absolute Gasteiger partial charge is 0.329 e. The van der Waals surface area contributed by atoms with E-state index in [-0.39, 0.29) is 11.4 Å². The van der Waals surface area contributed by atoms with Gasteiger partial charge in [-0.1, -0.05) is 17.3 Å². The molecule has 0 saturated carbocycles. The summed E-state index contributed by atoms with van der Waals surface area (Å²) in [5, 5.41) is 9.95. The fourth-order valence-corrected chi connectivity index (χ4v) is 1.61. The normalized spacial score (nSPS) is 10.5. The van der Waals surface area contributed by atoms with Crippen LogP contribution in [0.5, 0.6) is 0 Å². The first-order valence-electron chi connectivity index (χ1n) is 5.78. The number of hydrogen-bond acceptors (Lipinski definition) is 4. The molecule has 0 aliphatic carbocycles. The zero-order valence-electron chi connectivity index (χ0n) is 10.4. The summed E-state index contributed by atoms with van der Waals surface area (Å²) >= 11 is 0. The summed E-state index contributed by atoms with van der Waals surface area (Å²) in [5.41, 5.74) is 6.29. The number of aromatic nitrogens is 3. The molecule has 2 rings (SSSR count). The van der Waals surface area contributed by atoms with Gasteiger partial charge in [0, 0.05) is 6.54 Å². The first-order valence-corrected chi connectivity index (χ1v) is 5.78. The van der Waals surface area contributed by atoms with Gasteiger partial charge >= 0.3 is 0 Å². The van der Waals surface area contributed by atoms with Crippen LogP contribution in [0.25, 0.3) is 0 Å². The Morgan fingerprint density at radius 3 is 3.00 bits per heavy atom. The van der Waals surface area contributed by atoms with Gasteiger partial charge in [-0.2, -0.15) is 0 Å². The lowest BCUT2D eigenvalue weighted by atomic mass is 10.2. The van der Waals surface area contributed by atoms with Crippen molar-refractivity contribution in [2.24, 2.45) is 5.73 Å². The van der Waals surface area contributed by atoms with Crippen molar-refractivity contribution >= 4 is 11.6 Å². The molecule has 1 amide bonds. The maximum Gasteiger partial charge on any atom is 0.277 e. The van der Waals surface area contributed by atoms with E-state index >= 15 is 0 Å². The van der Waals surface area contributed by atoms with Crippen LogP contribution in [-0.4, -0.2) is 27.4 Å². The Labute approximate surface area is 109 Å². The number of nitrogens with one attached hydrogen (secondary N) is 1. The van der Waals surface area contributed by atoms with E-state index in [2.05, 4.69) is 15.6 Å². The first-order chi connectivity index (χ1) is 9.11. The van der Waals surface area contributed by atoms with Crippen molar-refractivity contribution in [1.29, 1.82) is 0 Å². The molecule has 0 radical (unpaired) electrons. The number of amides is 1. The predicted octanol–water partition coefficient (Wildman–Crippen LogP) is 0.937. The number of carbonyl (C=O) groups excluding carboxylic acids is 1. The van der Waals surface area contributed by atoms with Crippen molar-refractivity contribution in [2.45, 2.75) is 13.5 Å². The van der Waals surface area contributed by atoms with Crippen molar-refractivity contribution in [3.05, 3.63) is 41.5 Å². The average Bonchev–Trinajstić information content (AvgIpc) is 2.83. The summed E-state index contributed by atoms with van der Waals surface area (Å²) < 4.78 is 15.0. The molecule has 7 heteroatoms. The monoisotopic (exact) mass is 263 g/mol. The Balaban J connectivity index is 2.16. The summed E-state index contributed by atoms with van der Waals surface area (Å²) in [6.07, 6.45) is 1.47. The number of anilines is 1. The fraction of sp³-hybridized carbons (Fsp3) is 0.250. The molecule has 0 spiro atoms. The molecule has 19 heavy (non-hydrogen) atoms. The number of aryl methyl sites for hydroxylation is 1. The molecular weight excluding hydrogens is 249 g/mol. The van der Waals surface area contributed by atoms with E-state index in [4.69, 9.17) is 5.73 Å². The van der Waals surface area contributed by atoms with Crippen LogP contribution in [0, 0.1) is 12.7 Å². The minimum absolute atomic E-state index is 0.121. The zero-order chi connectivity index (χ0) is 13.8. The van der Waals surface area contributed by atoms with Crippen LogP contribution in [0.3, 0.4) is 0 Å². The van der Waals surface area contributed by atoms with Gasteiger partial charge in [-0.05, 0) is 18.6 Å². The molecule has 0 saturated heterocycles. The van der Waals surface area contributed by atoms with Crippen molar-refractivity contribution in [2.75, 3.05) is 11.9 Å². The molecule has 3 N–H and O–H groups in total. The quantitative estimate of drug-likeness (QED) is 0.859. The van der Waals surface area contributed by atoms with Crippen LogP contribution in [-0.2, 0) is 6.54 Å². The molecule has 0 aliphatic heterocycles. The van der Waals surface area contributed by atoms with Gasteiger partial charge in [-0.3, -0.25) is 9.48 Å². The lowest BCUT2D eigenvalue weighted by molar-refractivity contribution is 0.102. The number of nitrogens with two attached hydrogens (primary N) is 1. The van der Waals surface area contributed by atoms with Crippen molar-refractivity contribution < 1.29 is 9.18 Å². The first kappa shape index (κ1) is 13.2. The highest BCUT2D eigenvalue weighted by Crippen LogP contribution is 2.19. The zero-order valence-corrected chi connectivity index (χ0v) is 10.4. The maximum absolute atomic E-state index is 13.6. The van der Waals surface area contributed by atoms with Crippen LogP contribution in [0.2, 0.25) is 0 Å². The highest BCUT2D eigenvalue weighted by Gasteiger charge is 2.14. The van der Waals surface area contributed by atoms with Crippen LogP contribution >= 0.6 is 0 Å². The summed E-state index contributed by atoms with van der Waals surface area (Å²) in [6.45, 7) is 2.58. The van der Waals surface area contributed by atoms with Gasteiger partial charge in [0.05, 0.1) is 18.4 Å². The Hall–Kier alpha value is -2.28. The van der Waals surface area contributed by atoms with Gasteiger partial charge in [-0.25, -0.2) is 4.39 Å². The lowest BCUT2D eigenvalue weighted by Gasteiger charge is -2.07. The highest BCUT2D eigenvalue weighted by molar-refractivity contribution is 6.03. The van der Waals surface area contributed by atoms with E-state index < -0.39 is 11.7 Å². The van der Waals surface area contributed by atoms with Gasteiger partial charge in [0.15, 0.2) is 5.69 Å². The van der Waals surface area contributed by atoms with E-state index in [9.17, 15) is 9.18 Å². The van der Waals surface area contributed by atoms with E-state index in [1.807, 2.05) is 0 Å². The second-order valence-corrected chi connectivity index (χ2v) is 4.04. The van der Waals surface area contributed by atoms with E-state index in [1.165, 1.54) is 16.9 Å². The van der Waals surface area contributed by atoms with Crippen molar-refractivity contribution in [1.82, 2.24) is 15.0 Å². The van der Waals surface area contributed by atoms with E-state index in [0.717, 1.165) is 0 Å². The van der Waals surface area contributed by atoms with E-state index in [1.54, 1.807) is 19.1 Å². The maximum atomic E-state index is 13.6. The minimum Gasteiger partial charge on any atom is -0.329 e. The fourth-order valence-electron chi connectivity index (χ4n) is 1.61. The molecule has 1 aromatic carbocycles. The van der Waals surface area contributed by atoms with Gasteiger partial charge in [0.25, 0.3) is 5.91 Å². The van der Waals surface area contributed by atoms with Crippen LogP contribution in [0.1, 0.15) is 16.1 Å². The molecule has 2 aromatic rings. The number of carbonyl (C=O) groups is 1. The Bertz CT molecular complexity index is 575. The number of nitrogens with zero attached hydrogens (tertiary/aromatic N) is 3. The van der Waals surface area contributed by atoms with E-state index in [0.29, 0.717) is 18.7 Å². The number of halogens is 1. The van der Waals surface area contributed by atoms with Crippen molar-refractivity contribution in [3.8, 4) is 0 Å². The van der Waals surface area contributed by atoms with Gasteiger partial charge < -0.3 is 11.1 Å². The Morgan fingerprint density at radius 2 is 2.32 bits per heavy atom. The minimum atomic E-state index is -0.503. The van der Waals surface area contributed by atoms with Crippen LogP contribution in [0.15, 0.2) is 24.4 Å². The van der Waals surface area contributed by atoms with Gasteiger partial charge in [0.2, 0.25) is 0 Å². The molecule has 0 bridgehead atoms. The lowest BCUT2D eigenvalue weighted by Crippen LogP contribution is -2.14. The van der Waals surface area contributed by atoms with Crippen LogP contribution < -0.4 is 11.1 Å². The van der Waals surface area contributed by atoms with Gasteiger partial charge in [0.1, 0.15) is 5.82 Å². The number of benzene rings is 1. The summed E-state index contributed by atoms with van der Waals surface area (Å²) in [5.74, 6) is -0.987. The third-order valence-corrected chi connectivity index (χ3v) is 2.59. The smallest absolute Gasteiger partial charge is 0.277 e. The SMILES string of the molecule is Cc1cccc(F)c1NC(=O)c1cn(CCN)nn1. The molecule has 1 heterocycles. The molecular formula is C12H14FN5O. The molecule has 1 aromatic heterocycles. The molecule has 0 fully saturated rings. The van der Waals surface area contributed by atoms with Gasteiger partial charge in [-0.15, -0.1) is 5.10 Å². The van der Waals surface area contributed by atoms with Crippen LogP contribution in [0.4, 0.5) is 10.1 Å². The topological polar surface area (TPSA) is 85.8 Å². The molecule has 100 valence electrons. The number of hydrogen-bond donors (Lipinski definition) is 2. The summed E-state index contributed by atoms with van der Waals surface area (Å²) in [4.78, 5) is 11.9. The standard InChI is InChI=1S/C12H14FN5O/c1-8-3-2-4-9(13)11(8)15-12(19)10-7-18(6-5-14)17-16-10/h2-4,7H,5-6,14H2,1H3,(H,15,19). The number of rotatable bonds is 4. The second kappa shape index (κ2) is 5.57. The molecule has 0 unspecified atom stereocenters. The third-order valence-electron chi connectivity index (χ3n) is 2.59. The third kappa shape index (κ3) is 2.94. The average molecular weight is 263 g/mol. The number of para-hydroxylation sites is 1. The Morgan fingerprint density at radius 1 is 1.53 bits per heavy atom.